The van der Waals surface area contributed by atoms with E-state index in [1.807, 2.05) is 0 Å². The van der Waals surface area contributed by atoms with Crippen LogP contribution in [0.1, 0.15) is 67.7 Å². The van der Waals surface area contributed by atoms with Gasteiger partial charge in [-0.3, -0.25) is 0 Å². The van der Waals surface area contributed by atoms with Crippen molar-refractivity contribution < 1.29 is 4.12 Å². The summed E-state index contributed by atoms with van der Waals surface area (Å²) in [6, 6.07) is 0. The fourth-order valence-electron chi connectivity index (χ4n) is 3.57. The number of hydrogen-bond donors (Lipinski definition) is 0. The van der Waals surface area contributed by atoms with Crippen LogP contribution in [0.4, 0.5) is 0 Å². The lowest BCUT2D eigenvalue weighted by Crippen LogP contribution is -2.43. The van der Waals surface area contributed by atoms with E-state index in [4.69, 9.17) is 4.12 Å². The average Bonchev–Trinajstić information content (AvgIpc) is 2.36. The standard InChI is InChI=1S/C18H38OSi2/c1-10-13-14-21(9,17(11-2)12-3)19-20(8)18(15(4)5)16(6)7/h13-17H,10-12H2,1-9H3. The molecular weight excluding hydrogens is 288 g/mol. The number of hydrogen-bond acceptors (Lipinski definition) is 1. The summed E-state index contributed by atoms with van der Waals surface area (Å²) in [7, 11) is -2.62. The molecular formula is C18H38OSi2. The van der Waals surface area contributed by atoms with Gasteiger partial charge in [0.1, 0.15) is 0 Å². The van der Waals surface area contributed by atoms with Gasteiger partial charge in [0.05, 0.1) is 0 Å². The molecule has 0 aliphatic carbocycles. The predicted molar refractivity (Wildman–Crippen MR) is 103 cm³/mol. The Morgan fingerprint density at radius 1 is 1.05 bits per heavy atom. The SMILES string of the molecule is CCC=C[Si](C)(O[Si](C)=C(C(C)C)C(C)C)C(CC)CC. The quantitative estimate of drug-likeness (QED) is 0.475. The lowest BCUT2D eigenvalue weighted by atomic mass is 10.0. The number of rotatable bonds is 9. The first kappa shape index (κ1) is 20.8. The van der Waals surface area contributed by atoms with Crippen molar-refractivity contribution in [2.75, 3.05) is 0 Å². The first-order valence-electron chi connectivity index (χ1n) is 8.80. The summed E-state index contributed by atoms with van der Waals surface area (Å²) in [5.41, 5.74) is 3.21. The van der Waals surface area contributed by atoms with Crippen LogP contribution in [0.2, 0.25) is 18.6 Å². The van der Waals surface area contributed by atoms with Crippen LogP contribution in [0.15, 0.2) is 11.8 Å². The van der Waals surface area contributed by atoms with Gasteiger partial charge in [-0.25, -0.2) is 0 Å². The predicted octanol–water partition coefficient (Wildman–Crippen LogP) is 5.96. The van der Waals surface area contributed by atoms with E-state index >= 15 is 0 Å². The van der Waals surface area contributed by atoms with Crippen molar-refractivity contribution in [1.29, 1.82) is 0 Å². The highest BCUT2D eigenvalue weighted by molar-refractivity contribution is 6.86. The van der Waals surface area contributed by atoms with Gasteiger partial charge in [0.25, 0.3) is 8.32 Å². The van der Waals surface area contributed by atoms with Gasteiger partial charge in [-0.2, -0.15) is 0 Å². The Morgan fingerprint density at radius 3 is 1.86 bits per heavy atom. The molecule has 0 aromatic carbocycles. The van der Waals surface area contributed by atoms with Gasteiger partial charge in [-0.05, 0) is 42.1 Å². The highest BCUT2D eigenvalue weighted by atomic mass is 28.4. The molecule has 0 fully saturated rings. The van der Waals surface area contributed by atoms with Gasteiger partial charge in [-0.1, -0.05) is 73.1 Å². The molecule has 0 N–H and O–H groups in total. The molecule has 21 heavy (non-hydrogen) atoms. The van der Waals surface area contributed by atoms with E-state index in [1.165, 1.54) is 12.8 Å². The van der Waals surface area contributed by atoms with Crippen LogP contribution >= 0.6 is 0 Å². The molecule has 0 saturated carbocycles. The Bertz CT molecular complexity index is 344. The summed E-state index contributed by atoms with van der Waals surface area (Å²) < 4.78 is 6.89. The minimum Gasteiger partial charge on any atom is -0.602 e. The number of allylic oxidation sites excluding steroid dienone is 1. The van der Waals surface area contributed by atoms with E-state index in [1.54, 1.807) is 5.17 Å². The first-order valence-corrected chi connectivity index (χ1v) is 13.3. The summed E-state index contributed by atoms with van der Waals surface area (Å²) in [6.45, 7) is 21.0. The largest absolute Gasteiger partial charge is 0.602 e. The third-order valence-corrected chi connectivity index (χ3v) is 12.8. The van der Waals surface area contributed by atoms with Crippen molar-refractivity contribution in [3.05, 3.63) is 11.8 Å². The zero-order valence-corrected chi connectivity index (χ0v) is 17.9. The molecule has 0 aliphatic rings. The van der Waals surface area contributed by atoms with Gasteiger partial charge in [0.15, 0.2) is 0 Å². The third kappa shape index (κ3) is 6.23. The molecule has 0 heterocycles. The average molecular weight is 327 g/mol. The van der Waals surface area contributed by atoms with Crippen molar-refractivity contribution in [2.45, 2.75) is 86.4 Å². The summed E-state index contributed by atoms with van der Waals surface area (Å²) in [6.07, 6.45) is 5.93. The molecule has 0 aliphatic heterocycles. The van der Waals surface area contributed by atoms with E-state index in [2.05, 4.69) is 73.3 Å². The van der Waals surface area contributed by atoms with Crippen molar-refractivity contribution in [3.8, 4) is 0 Å². The van der Waals surface area contributed by atoms with Crippen LogP contribution in [0.5, 0.6) is 0 Å². The second kappa shape index (κ2) is 9.78. The third-order valence-electron chi connectivity index (χ3n) is 4.50. The molecule has 1 atom stereocenters. The van der Waals surface area contributed by atoms with Crippen LogP contribution in [-0.4, -0.2) is 22.1 Å². The summed E-state index contributed by atoms with van der Waals surface area (Å²) in [5, 5.41) is 1.66. The molecule has 1 nitrogen and oxygen atoms in total. The lowest BCUT2D eigenvalue weighted by Gasteiger charge is -2.35. The molecule has 0 aromatic heterocycles. The monoisotopic (exact) mass is 326 g/mol. The van der Waals surface area contributed by atoms with Crippen molar-refractivity contribution >= 4 is 22.1 Å². The molecule has 0 saturated heterocycles. The van der Waals surface area contributed by atoms with E-state index in [9.17, 15) is 0 Å². The molecule has 0 aromatic rings. The zero-order valence-electron chi connectivity index (χ0n) is 15.9. The van der Waals surface area contributed by atoms with Crippen molar-refractivity contribution in [1.82, 2.24) is 0 Å². The van der Waals surface area contributed by atoms with Gasteiger partial charge in [0.2, 0.25) is 8.65 Å². The highest BCUT2D eigenvalue weighted by Gasteiger charge is 2.36. The summed E-state index contributed by atoms with van der Waals surface area (Å²) >= 11 is 0. The smallest absolute Gasteiger partial charge is 0.257 e. The Balaban J connectivity index is 5.57. The Morgan fingerprint density at radius 2 is 1.52 bits per heavy atom. The van der Waals surface area contributed by atoms with E-state index < -0.39 is 17.0 Å². The van der Waals surface area contributed by atoms with Gasteiger partial charge in [-0.15, -0.1) is 0 Å². The normalized spacial score (nSPS) is 15.0. The van der Waals surface area contributed by atoms with Gasteiger partial charge in [0, 0.05) is 0 Å². The van der Waals surface area contributed by atoms with Crippen LogP contribution in [0.25, 0.3) is 0 Å². The van der Waals surface area contributed by atoms with Crippen LogP contribution in [0.3, 0.4) is 0 Å². The van der Waals surface area contributed by atoms with Crippen LogP contribution < -0.4 is 0 Å². The van der Waals surface area contributed by atoms with Gasteiger partial charge >= 0.3 is 0 Å². The van der Waals surface area contributed by atoms with E-state index in [0.29, 0.717) is 11.8 Å². The van der Waals surface area contributed by atoms with Crippen LogP contribution in [-0.2, 0) is 4.12 Å². The maximum Gasteiger partial charge on any atom is 0.257 e. The minimum absolute atomic E-state index is 0.638. The molecule has 0 rings (SSSR count). The van der Waals surface area contributed by atoms with Gasteiger partial charge < -0.3 is 4.12 Å². The maximum atomic E-state index is 6.89. The Kier molecular flexibility index (Phi) is 9.71. The zero-order chi connectivity index (χ0) is 16.6. The second-order valence-corrected chi connectivity index (χ2v) is 13.0. The summed E-state index contributed by atoms with van der Waals surface area (Å²) in [5.74, 6) is 1.28. The van der Waals surface area contributed by atoms with Crippen LogP contribution in [0, 0.1) is 11.8 Å². The highest BCUT2D eigenvalue weighted by Crippen LogP contribution is 2.31. The van der Waals surface area contributed by atoms with Crippen molar-refractivity contribution in [2.24, 2.45) is 11.8 Å². The minimum atomic E-state index is -1.77. The fraction of sp³-hybridized carbons (Fsp3) is 0.833. The lowest BCUT2D eigenvalue weighted by molar-refractivity contribution is 0.542. The Labute approximate surface area is 136 Å². The molecule has 0 spiro atoms. The topological polar surface area (TPSA) is 9.23 Å². The van der Waals surface area contributed by atoms with E-state index in [-0.39, 0.29) is 0 Å². The molecule has 124 valence electrons. The molecule has 3 heteroatoms. The molecule has 0 amide bonds. The fourth-order valence-corrected chi connectivity index (χ4v) is 11.8. The first-order chi connectivity index (χ1) is 9.73. The Hall–Kier alpha value is -0.156. The second-order valence-electron chi connectivity index (χ2n) is 6.93. The van der Waals surface area contributed by atoms with E-state index in [0.717, 1.165) is 12.0 Å². The summed E-state index contributed by atoms with van der Waals surface area (Å²) in [4.78, 5) is 0. The molecule has 0 bridgehead atoms. The molecule has 1 unspecified atom stereocenters. The maximum absolute atomic E-state index is 6.89. The molecule has 0 radical (unpaired) electrons. The van der Waals surface area contributed by atoms with Crippen molar-refractivity contribution in [3.63, 3.8) is 0 Å².